The van der Waals surface area contributed by atoms with Crippen molar-refractivity contribution in [3.63, 3.8) is 0 Å². The molecule has 0 aliphatic carbocycles. The lowest BCUT2D eigenvalue weighted by atomic mass is 10.2. The Balaban J connectivity index is 2.38. The van der Waals surface area contributed by atoms with Crippen LogP contribution in [0.5, 0.6) is 0 Å². The van der Waals surface area contributed by atoms with Gasteiger partial charge in [-0.05, 0) is 24.6 Å². The van der Waals surface area contributed by atoms with E-state index in [1.807, 2.05) is 31.3 Å². The van der Waals surface area contributed by atoms with Crippen LogP contribution in [-0.2, 0) is 6.42 Å². The predicted octanol–water partition coefficient (Wildman–Crippen LogP) is 3.01. The summed E-state index contributed by atoms with van der Waals surface area (Å²) in [6, 6.07) is 5.69. The molecule has 0 unspecified atom stereocenters. The van der Waals surface area contributed by atoms with E-state index in [0.717, 1.165) is 23.4 Å². The number of halogens is 2. The van der Waals surface area contributed by atoms with Gasteiger partial charge < -0.3 is 0 Å². The second-order valence-electron chi connectivity index (χ2n) is 3.52. The van der Waals surface area contributed by atoms with E-state index < -0.39 is 0 Å². The predicted molar refractivity (Wildman–Crippen MR) is 65.5 cm³/mol. The molecule has 1 aromatic carbocycles. The standard InChI is InChI=1S/C11H11Cl2N3/c1-8-2-3-9(13)6-11(8)16-7-10(4-5-12)14-15-16/h2-3,6-7H,4-5H2,1H3. The zero-order valence-corrected chi connectivity index (χ0v) is 10.3. The molecule has 2 rings (SSSR count). The molecule has 0 N–H and O–H groups in total. The van der Waals surface area contributed by atoms with E-state index in [1.54, 1.807) is 4.68 Å². The summed E-state index contributed by atoms with van der Waals surface area (Å²) in [5.74, 6) is 0.549. The maximum Gasteiger partial charge on any atom is 0.0843 e. The molecule has 0 saturated heterocycles. The second kappa shape index (κ2) is 4.85. The van der Waals surface area contributed by atoms with Crippen LogP contribution in [0.2, 0.25) is 5.02 Å². The minimum atomic E-state index is 0.549. The van der Waals surface area contributed by atoms with Gasteiger partial charge in [0.05, 0.1) is 17.6 Å². The van der Waals surface area contributed by atoms with E-state index in [1.165, 1.54) is 0 Å². The van der Waals surface area contributed by atoms with Gasteiger partial charge in [-0.25, -0.2) is 4.68 Å². The fourth-order valence-electron chi connectivity index (χ4n) is 1.46. The first-order valence-electron chi connectivity index (χ1n) is 4.94. The van der Waals surface area contributed by atoms with Crippen LogP contribution < -0.4 is 0 Å². The lowest BCUT2D eigenvalue weighted by Gasteiger charge is -2.04. The molecule has 0 aliphatic heterocycles. The normalized spacial score (nSPS) is 10.7. The van der Waals surface area contributed by atoms with E-state index in [0.29, 0.717) is 10.9 Å². The molecule has 5 heteroatoms. The molecule has 0 spiro atoms. The van der Waals surface area contributed by atoms with Crippen LogP contribution in [0.15, 0.2) is 24.4 Å². The summed E-state index contributed by atoms with van der Waals surface area (Å²) in [6.07, 6.45) is 2.60. The van der Waals surface area contributed by atoms with E-state index in [9.17, 15) is 0 Å². The average molecular weight is 256 g/mol. The van der Waals surface area contributed by atoms with Crippen LogP contribution in [0, 0.1) is 6.92 Å². The Morgan fingerprint density at radius 2 is 2.19 bits per heavy atom. The van der Waals surface area contributed by atoms with E-state index in [2.05, 4.69) is 10.3 Å². The van der Waals surface area contributed by atoms with Crippen LogP contribution >= 0.6 is 23.2 Å². The van der Waals surface area contributed by atoms with Crippen molar-refractivity contribution in [2.45, 2.75) is 13.3 Å². The Kier molecular flexibility index (Phi) is 3.46. The van der Waals surface area contributed by atoms with Crippen LogP contribution in [0.3, 0.4) is 0 Å². The maximum absolute atomic E-state index is 5.95. The monoisotopic (exact) mass is 255 g/mol. The third-order valence-electron chi connectivity index (χ3n) is 2.31. The lowest BCUT2D eigenvalue weighted by Crippen LogP contribution is -1.97. The molecule has 2 aromatic rings. The highest BCUT2D eigenvalue weighted by molar-refractivity contribution is 6.30. The first-order valence-corrected chi connectivity index (χ1v) is 5.85. The second-order valence-corrected chi connectivity index (χ2v) is 4.34. The Labute approximate surface area is 104 Å². The molecule has 1 heterocycles. The van der Waals surface area contributed by atoms with Gasteiger partial charge in [0.25, 0.3) is 0 Å². The minimum Gasteiger partial charge on any atom is -0.220 e. The maximum atomic E-state index is 5.95. The molecule has 0 fully saturated rings. The number of rotatable bonds is 3. The average Bonchev–Trinajstić information content (AvgIpc) is 2.71. The third-order valence-corrected chi connectivity index (χ3v) is 2.73. The number of alkyl halides is 1. The van der Waals surface area contributed by atoms with Gasteiger partial charge in [0.2, 0.25) is 0 Å². The number of hydrogen-bond donors (Lipinski definition) is 0. The minimum absolute atomic E-state index is 0.549. The number of nitrogens with zero attached hydrogens (tertiary/aromatic N) is 3. The van der Waals surface area contributed by atoms with Gasteiger partial charge >= 0.3 is 0 Å². The third kappa shape index (κ3) is 2.36. The van der Waals surface area contributed by atoms with Crippen molar-refractivity contribution in [2.75, 3.05) is 5.88 Å². The van der Waals surface area contributed by atoms with E-state index in [4.69, 9.17) is 23.2 Å². The Bertz CT molecular complexity index is 494. The van der Waals surface area contributed by atoms with Crippen molar-refractivity contribution in [3.05, 3.63) is 40.7 Å². The van der Waals surface area contributed by atoms with Gasteiger partial charge in [-0.15, -0.1) is 16.7 Å². The molecular weight excluding hydrogens is 245 g/mol. The fourth-order valence-corrected chi connectivity index (χ4v) is 1.82. The van der Waals surface area contributed by atoms with Crippen molar-refractivity contribution in [1.29, 1.82) is 0 Å². The van der Waals surface area contributed by atoms with Crippen molar-refractivity contribution in [2.24, 2.45) is 0 Å². The molecule has 16 heavy (non-hydrogen) atoms. The van der Waals surface area contributed by atoms with Crippen molar-refractivity contribution in [3.8, 4) is 5.69 Å². The van der Waals surface area contributed by atoms with Crippen LogP contribution in [-0.4, -0.2) is 20.9 Å². The number of hydrogen-bond acceptors (Lipinski definition) is 2. The summed E-state index contributed by atoms with van der Waals surface area (Å²) in [5, 5.41) is 8.78. The van der Waals surface area contributed by atoms with Crippen molar-refractivity contribution >= 4 is 23.2 Å². The summed E-state index contributed by atoms with van der Waals surface area (Å²) in [5.41, 5.74) is 2.93. The molecule has 0 saturated carbocycles. The van der Waals surface area contributed by atoms with Crippen molar-refractivity contribution < 1.29 is 0 Å². The van der Waals surface area contributed by atoms with Crippen LogP contribution in [0.25, 0.3) is 5.69 Å². The zero-order chi connectivity index (χ0) is 11.5. The quantitative estimate of drug-likeness (QED) is 0.790. The van der Waals surface area contributed by atoms with Gasteiger partial charge in [0.1, 0.15) is 0 Å². The van der Waals surface area contributed by atoms with Gasteiger partial charge in [0.15, 0.2) is 0 Å². The summed E-state index contributed by atoms with van der Waals surface area (Å²) >= 11 is 11.6. The summed E-state index contributed by atoms with van der Waals surface area (Å²) < 4.78 is 1.73. The SMILES string of the molecule is Cc1ccc(Cl)cc1-n1cc(CCCl)nn1. The molecule has 3 nitrogen and oxygen atoms in total. The van der Waals surface area contributed by atoms with Crippen LogP contribution in [0.4, 0.5) is 0 Å². The van der Waals surface area contributed by atoms with Gasteiger partial charge in [-0.2, -0.15) is 0 Å². The number of benzene rings is 1. The van der Waals surface area contributed by atoms with E-state index >= 15 is 0 Å². The summed E-state index contributed by atoms with van der Waals surface area (Å²) in [7, 11) is 0. The fraction of sp³-hybridized carbons (Fsp3) is 0.273. The molecule has 0 radical (unpaired) electrons. The molecule has 0 bridgehead atoms. The zero-order valence-electron chi connectivity index (χ0n) is 8.82. The highest BCUT2D eigenvalue weighted by atomic mass is 35.5. The topological polar surface area (TPSA) is 30.7 Å². The molecule has 1 aromatic heterocycles. The molecule has 0 aliphatic rings. The number of aromatic nitrogens is 3. The van der Waals surface area contributed by atoms with E-state index in [-0.39, 0.29) is 0 Å². The Morgan fingerprint density at radius 1 is 1.38 bits per heavy atom. The van der Waals surface area contributed by atoms with Gasteiger partial charge in [-0.3, -0.25) is 0 Å². The van der Waals surface area contributed by atoms with Gasteiger partial charge in [-0.1, -0.05) is 22.9 Å². The lowest BCUT2D eigenvalue weighted by molar-refractivity contribution is 0.794. The summed E-state index contributed by atoms with van der Waals surface area (Å²) in [4.78, 5) is 0. The molecular formula is C11H11Cl2N3. The van der Waals surface area contributed by atoms with Crippen molar-refractivity contribution in [1.82, 2.24) is 15.0 Å². The molecule has 84 valence electrons. The number of aryl methyl sites for hydroxylation is 2. The first-order chi connectivity index (χ1) is 7.70. The first kappa shape index (κ1) is 11.4. The Morgan fingerprint density at radius 3 is 2.94 bits per heavy atom. The largest absolute Gasteiger partial charge is 0.220 e. The Hall–Kier alpha value is -1.06. The highest BCUT2D eigenvalue weighted by Gasteiger charge is 2.05. The van der Waals surface area contributed by atoms with Gasteiger partial charge in [0, 0.05) is 17.3 Å². The summed E-state index contributed by atoms with van der Waals surface area (Å²) in [6.45, 7) is 2.01. The molecule has 0 amide bonds. The highest BCUT2D eigenvalue weighted by Crippen LogP contribution is 2.18. The molecule has 0 atom stereocenters. The smallest absolute Gasteiger partial charge is 0.0843 e. The van der Waals surface area contributed by atoms with Crippen LogP contribution in [0.1, 0.15) is 11.3 Å².